The molecule has 3 aromatic rings. The molecule has 0 amide bonds. The molecule has 9 heteroatoms. The molecule has 1 aromatic carbocycles. The van der Waals surface area contributed by atoms with Gasteiger partial charge in [-0.3, -0.25) is 9.78 Å². The van der Waals surface area contributed by atoms with Crippen molar-refractivity contribution in [2.45, 2.75) is 44.0 Å². The molecule has 0 aliphatic rings. The van der Waals surface area contributed by atoms with Gasteiger partial charge in [0.2, 0.25) is 10.0 Å². The van der Waals surface area contributed by atoms with Crippen LogP contribution in [0.4, 0.5) is 0 Å². The molecular weight excluding hydrogens is 462 g/mol. The Morgan fingerprint density at radius 1 is 1.18 bits per heavy atom. The lowest BCUT2D eigenvalue weighted by Crippen LogP contribution is -2.25. The fourth-order valence-corrected chi connectivity index (χ4v) is 4.72. The van der Waals surface area contributed by atoms with Crippen molar-refractivity contribution in [1.29, 1.82) is 0 Å². The minimum Gasteiger partial charge on any atom is -0.481 e. The van der Waals surface area contributed by atoms with E-state index in [1.54, 1.807) is 13.1 Å². The fourth-order valence-electron chi connectivity index (χ4n) is 3.57. The molecule has 7 nitrogen and oxygen atoms in total. The maximum atomic E-state index is 12.5. The van der Waals surface area contributed by atoms with Gasteiger partial charge in [-0.15, -0.1) is 0 Å². The van der Waals surface area contributed by atoms with Crippen molar-refractivity contribution >= 4 is 27.6 Å². The topological polar surface area (TPSA) is 101 Å². The molecular formula is C24H28ClN3O4S. The maximum absolute atomic E-state index is 12.5. The molecule has 2 heterocycles. The number of carbonyl (C=O) groups is 1. The molecule has 0 aliphatic carbocycles. The molecule has 0 bridgehead atoms. The Morgan fingerprint density at radius 3 is 2.61 bits per heavy atom. The van der Waals surface area contributed by atoms with E-state index >= 15 is 0 Å². The smallest absolute Gasteiger partial charge is 0.306 e. The number of halogens is 1. The van der Waals surface area contributed by atoms with Gasteiger partial charge < -0.3 is 9.67 Å². The predicted molar refractivity (Wildman–Crippen MR) is 128 cm³/mol. The number of aromatic nitrogens is 2. The summed E-state index contributed by atoms with van der Waals surface area (Å²) < 4.78 is 29.6. The number of hydrogen-bond donors (Lipinski definition) is 2. The van der Waals surface area contributed by atoms with Gasteiger partial charge in [-0.25, -0.2) is 13.1 Å². The first-order chi connectivity index (χ1) is 15.7. The molecule has 0 spiro atoms. The zero-order valence-electron chi connectivity index (χ0n) is 18.4. The number of sulfonamides is 1. The number of aliphatic carboxylic acids is 1. The number of rotatable bonds is 12. The van der Waals surface area contributed by atoms with E-state index in [0.717, 1.165) is 36.2 Å². The summed E-state index contributed by atoms with van der Waals surface area (Å²) in [4.78, 5) is 15.7. The van der Waals surface area contributed by atoms with Crippen molar-refractivity contribution in [3.8, 4) is 0 Å². The van der Waals surface area contributed by atoms with Gasteiger partial charge in [0.25, 0.3) is 0 Å². The Bertz CT molecular complexity index is 1160. The summed E-state index contributed by atoms with van der Waals surface area (Å²) in [6.45, 7) is 2.67. The zero-order chi connectivity index (χ0) is 23.8. The third kappa shape index (κ3) is 7.42. The predicted octanol–water partition coefficient (Wildman–Crippen LogP) is 3.95. The molecule has 0 saturated heterocycles. The molecule has 33 heavy (non-hydrogen) atoms. The molecule has 0 aliphatic heterocycles. The van der Waals surface area contributed by atoms with Crippen LogP contribution in [-0.4, -0.2) is 35.6 Å². The number of hydrogen-bond acceptors (Lipinski definition) is 4. The Labute approximate surface area is 199 Å². The molecule has 0 saturated carbocycles. The summed E-state index contributed by atoms with van der Waals surface area (Å²) >= 11 is 5.83. The van der Waals surface area contributed by atoms with Crippen LogP contribution in [0.2, 0.25) is 5.02 Å². The van der Waals surface area contributed by atoms with Crippen LogP contribution < -0.4 is 4.72 Å². The molecule has 1 atom stereocenters. The third-order valence-corrected chi connectivity index (χ3v) is 7.13. The van der Waals surface area contributed by atoms with Crippen molar-refractivity contribution in [1.82, 2.24) is 14.3 Å². The quantitative estimate of drug-likeness (QED) is 0.401. The van der Waals surface area contributed by atoms with E-state index in [0.29, 0.717) is 17.9 Å². The molecule has 3 rings (SSSR count). The van der Waals surface area contributed by atoms with Crippen LogP contribution in [0.1, 0.15) is 30.2 Å². The minimum atomic E-state index is -3.62. The van der Waals surface area contributed by atoms with E-state index in [4.69, 9.17) is 11.6 Å². The Balaban J connectivity index is 1.64. The van der Waals surface area contributed by atoms with E-state index in [2.05, 4.69) is 14.3 Å². The first-order valence-electron chi connectivity index (χ1n) is 10.8. The van der Waals surface area contributed by atoms with E-state index in [-0.39, 0.29) is 11.4 Å². The fraction of sp³-hybridized carbons (Fsp3) is 0.333. The van der Waals surface area contributed by atoms with Gasteiger partial charge in [0.1, 0.15) is 0 Å². The van der Waals surface area contributed by atoms with Gasteiger partial charge in [-0.1, -0.05) is 24.6 Å². The van der Waals surface area contributed by atoms with Crippen LogP contribution in [0.25, 0.3) is 0 Å². The van der Waals surface area contributed by atoms with E-state index in [9.17, 15) is 18.3 Å². The number of carboxylic acids is 1. The summed E-state index contributed by atoms with van der Waals surface area (Å²) in [7, 11) is -3.62. The first-order valence-corrected chi connectivity index (χ1v) is 12.7. The lowest BCUT2D eigenvalue weighted by atomic mass is 10.1. The first kappa shape index (κ1) is 25.0. The molecule has 2 aromatic heterocycles. The average molecular weight is 490 g/mol. The number of nitrogens with zero attached hydrogens (tertiary/aromatic N) is 2. The highest BCUT2D eigenvalue weighted by molar-refractivity contribution is 7.89. The Morgan fingerprint density at radius 2 is 1.94 bits per heavy atom. The van der Waals surface area contributed by atoms with Gasteiger partial charge in [0, 0.05) is 48.8 Å². The Kier molecular flexibility index (Phi) is 8.66. The zero-order valence-corrected chi connectivity index (χ0v) is 20.0. The molecule has 1 unspecified atom stereocenters. The van der Waals surface area contributed by atoms with Gasteiger partial charge >= 0.3 is 5.97 Å². The summed E-state index contributed by atoms with van der Waals surface area (Å²) in [5.74, 6) is -1.34. The van der Waals surface area contributed by atoms with Gasteiger partial charge in [-0.2, -0.15) is 0 Å². The molecule has 0 fully saturated rings. The van der Waals surface area contributed by atoms with Crippen LogP contribution in [0.15, 0.2) is 66.0 Å². The van der Waals surface area contributed by atoms with E-state index in [1.807, 2.05) is 30.6 Å². The molecule has 0 radical (unpaired) electrons. The van der Waals surface area contributed by atoms with Crippen molar-refractivity contribution in [3.05, 3.63) is 82.9 Å². The second-order valence-corrected chi connectivity index (χ2v) is 10.2. The van der Waals surface area contributed by atoms with Crippen molar-refractivity contribution in [3.63, 3.8) is 0 Å². The largest absolute Gasteiger partial charge is 0.481 e. The maximum Gasteiger partial charge on any atom is 0.306 e. The SMILES string of the molecule is CC(Cc1cc(CCNS(=O)(=O)c2ccc(Cl)cc2)cn1CCCc1cccnc1)C(=O)O. The number of benzene rings is 1. The standard InChI is InChI=1S/C24H28ClN3O4S/c1-18(24(29)30)14-22-15-20(17-28(22)13-3-5-19-4-2-11-26-16-19)10-12-27-33(31,32)23-8-6-21(25)7-9-23/h2,4,6-9,11,15-18,27H,3,5,10,12-14H2,1H3,(H,29,30). The van der Waals surface area contributed by atoms with Gasteiger partial charge in [0.05, 0.1) is 10.8 Å². The van der Waals surface area contributed by atoms with Crippen molar-refractivity contribution < 1.29 is 18.3 Å². The summed E-state index contributed by atoms with van der Waals surface area (Å²) in [6.07, 6.45) is 8.25. The number of aryl methyl sites for hydroxylation is 2. The summed E-state index contributed by atoms with van der Waals surface area (Å²) in [5, 5.41) is 9.79. The van der Waals surface area contributed by atoms with Crippen molar-refractivity contribution in [2.75, 3.05) is 6.54 Å². The minimum absolute atomic E-state index is 0.163. The second-order valence-electron chi connectivity index (χ2n) is 8.04. The van der Waals surface area contributed by atoms with Crippen LogP contribution in [-0.2, 0) is 40.6 Å². The molecule has 2 N–H and O–H groups in total. The number of pyridine rings is 1. The van der Waals surface area contributed by atoms with E-state index < -0.39 is 21.9 Å². The highest BCUT2D eigenvalue weighted by Crippen LogP contribution is 2.17. The highest BCUT2D eigenvalue weighted by Gasteiger charge is 2.17. The summed E-state index contributed by atoms with van der Waals surface area (Å²) in [6, 6.07) is 11.9. The van der Waals surface area contributed by atoms with Crippen molar-refractivity contribution in [2.24, 2.45) is 5.92 Å². The lowest BCUT2D eigenvalue weighted by molar-refractivity contribution is -0.141. The summed E-state index contributed by atoms with van der Waals surface area (Å²) in [5.41, 5.74) is 3.05. The average Bonchev–Trinajstić information content (AvgIpc) is 3.15. The van der Waals surface area contributed by atoms with Gasteiger partial charge in [-0.05, 0) is 66.8 Å². The van der Waals surface area contributed by atoms with Crippen LogP contribution in [0, 0.1) is 5.92 Å². The normalized spacial score (nSPS) is 12.5. The van der Waals surface area contributed by atoms with Gasteiger partial charge in [0.15, 0.2) is 0 Å². The number of nitrogens with one attached hydrogen (secondary N) is 1. The van der Waals surface area contributed by atoms with Crippen LogP contribution >= 0.6 is 11.6 Å². The lowest BCUT2D eigenvalue weighted by Gasteiger charge is -2.11. The van der Waals surface area contributed by atoms with E-state index in [1.165, 1.54) is 24.3 Å². The highest BCUT2D eigenvalue weighted by atomic mass is 35.5. The monoisotopic (exact) mass is 489 g/mol. The third-order valence-electron chi connectivity index (χ3n) is 5.40. The molecule has 176 valence electrons. The van der Waals surface area contributed by atoms with Crippen LogP contribution in [0.3, 0.4) is 0 Å². The number of carboxylic acid groups (broad SMARTS) is 1. The van der Waals surface area contributed by atoms with Crippen LogP contribution in [0.5, 0.6) is 0 Å². The second kappa shape index (κ2) is 11.4. The Hall–Kier alpha value is -2.68.